The Morgan fingerprint density at radius 3 is 2.62 bits per heavy atom. The fourth-order valence-corrected chi connectivity index (χ4v) is 3.82. The van der Waals surface area contributed by atoms with Crippen molar-refractivity contribution >= 4 is 0 Å². The fourth-order valence-electron chi connectivity index (χ4n) is 3.82. The minimum absolute atomic E-state index is 0.554. The van der Waals surface area contributed by atoms with Crippen molar-refractivity contribution in [2.24, 2.45) is 11.8 Å². The van der Waals surface area contributed by atoms with Crippen LogP contribution in [0.2, 0.25) is 0 Å². The molecule has 0 bridgehead atoms. The van der Waals surface area contributed by atoms with Gasteiger partial charge in [-0.3, -0.25) is 0 Å². The molecule has 1 saturated carbocycles. The van der Waals surface area contributed by atoms with E-state index in [1.165, 1.54) is 55.2 Å². The molecule has 3 unspecified atom stereocenters. The average molecular weight is 287 g/mol. The van der Waals surface area contributed by atoms with Crippen LogP contribution in [0.5, 0.6) is 0 Å². The molecule has 118 valence electrons. The molecule has 0 aliphatic heterocycles. The minimum Gasteiger partial charge on any atom is -0.310 e. The van der Waals surface area contributed by atoms with E-state index in [-0.39, 0.29) is 0 Å². The maximum Gasteiger partial charge on any atom is 0.0348 e. The molecule has 0 amide bonds. The monoisotopic (exact) mass is 287 g/mol. The molecular weight excluding hydrogens is 254 g/mol. The van der Waals surface area contributed by atoms with E-state index in [2.05, 4.69) is 51.2 Å². The van der Waals surface area contributed by atoms with Crippen LogP contribution >= 0.6 is 0 Å². The molecular formula is C20H33N. The molecule has 1 N–H and O–H groups in total. The van der Waals surface area contributed by atoms with E-state index in [0.717, 1.165) is 18.4 Å². The largest absolute Gasteiger partial charge is 0.310 e. The maximum absolute atomic E-state index is 3.85. The first-order valence-electron chi connectivity index (χ1n) is 8.96. The van der Waals surface area contributed by atoms with E-state index in [1.807, 2.05) is 0 Å². The number of hydrogen-bond donors (Lipinski definition) is 1. The lowest BCUT2D eigenvalue weighted by Gasteiger charge is -2.35. The van der Waals surface area contributed by atoms with Gasteiger partial charge in [0.1, 0.15) is 0 Å². The molecule has 1 nitrogen and oxygen atoms in total. The summed E-state index contributed by atoms with van der Waals surface area (Å²) >= 11 is 0. The molecule has 1 aliphatic rings. The number of rotatable bonds is 6. The van der Waals surface area contributed by atoms with Gasteiger partial charge in [0.15, 0.2) is 0 Å². The van der Waals surface area contributed by atoms with Crippen molar-refractivity contribution in [3.8, 4) is 0 Å². The fraction of sp³-hybridized carbons (Fsp3) is 0.700. The molecule has 0 aromatic heterocycles. The molecule has 0 heterocycles. The van der Waals surface area contributed by atoms with Gasteiger partial charge in [-0.2, -0.15) is 0 Å². The van der Waals surface area contributed by atoms with Crippen LogP contribution in [0.4, 0.5) is 0 Å². The van der Waals surface area contributed by atoms with Crippen LogP contribution in [0, 0.1) is 25.7 Å². The summed E-state index contributed by atoms with van der Waals surface area (Å²) in [4.78, 5) is 0. The van der Waals surface area contributed by atoms with E-state index < -0.39 is 0 Å². The predicted molar refractivity (Wildman–Crippen MR) is 92.7 cm³/mol. The lowest BCUT2D eigenvalue weighted by atomic mass is 9.75. The molecule has 1 aliphatic carbocycles. The zero-order valence-electron chi connectivity index (χ0n) is 14.4. The zero-order chi connectivity index (χ0) is 15.2. The molecule has 1 aromatic carbocycles. The Morgan fingerprint density at radius 2 is 1.95 bits per heavy atom. The van der Waals surface area contributed by atoms with Crippen LogP contribution < -0.4 is 5.32 Å². The summed E-state index contributed by atoms with van der Waals surface area (Å²) < 4.78 is 0. The molecule has 0 saturated heterocycles. The van der Waals surface area contributed by atoms with Crippen molar-refractivity contribution in [1.29, 1.82) is 0 Å². The lowest BCUT2D eigenvalue weighted by molar-refractivity contribution is 0.209. The standard InChI is InChI=1S/C20H33N/c1-5-12-21-20(18-9-7-8-17(6-2)14-18)19-11-10-15(3)16(4)13-19/h10-11,13,17-18,20-21H,5-9,12,14H2,1-4H3. The SMILES string of the molecule is CCCNC(c1ccc(C)c(C)c1)C1CCCC(CC)C1. The van der Waals surface area contributed by atoms with Crippen LogP contribution in [0.25, 0.3) is 0 Å². The highest BCUT2D eigenvalue weighted by atomic mass is 14.9. The predicted octanol–water partition coefficient (Wildman–Crippen LogP) is 5.56. The van der Waals surface area contributed by atoms with Gasteiger partial charge in [-0.1, -0.05) is 51.3 Å². The highest BCUT2D eigenvalue weighted by Gasteiger charge is 2.28. The van der Waals surface area contributed by atoms with E-state index in [1.54, 1.807) is 0 Å². The molecule has 21 heavy (non-hydrogen) atoms. The second kappa shape index (κ2) is 7.98. The van der Waals surface area contributed by atoms with Crippen molar-refractivity contribution in [3.05, 3.63) is 34.9 Å². The van der Waals surface area contributed by atoms with Gasteiger partial charge < -0.3 is 5.32 Å². The van der Waals surface area contributed by atoms with Crippen LogP contribution in [0.3, 0.4) is 0 Å². The number of benzene rings is 1. The van der Waals surface area contributed by atoms with Crippen LogP contribution in [-0.4, -0.2) is 6.54 Å². The minimum atomic E-state index is 0.554. The Hall–Kier alpha value is -0.820. The first-order valence-corrected chi connectivity index (χ1v) is 8.96. The molecule has 1 aromatic rings. The Kier molecular flexibility index (Phi) is 6.29. The van der Waals surface area contributed by atoms with Gasteiger partial charge in [-0.25, -0.2) is 0 Å². The van der Waals surface area contributed by atoms with Crippen molar-refractivity contribution in [3.63, 3.8) is 0 Å². The lowest BCUT2D eigenvalue weighted by Crippen LogP contribution is -2.32. The Labute approximate surface area is 131 Å². The van der Waals surface area contributed by atoms with E-state index in [9.17, 15) is 0 Å². The van der Waals surface area contributed by atoms with Crippen LogP contribution in [-0.2, 0) is 0 Å². The normalized spacial score (nSPS) is 24.0. The van der Waals surface area contributed by atoms with Gasteiger partial charge >= 0.3 is 0 Å². The molecule has 3 atom stereocenters. The summed E-state index contributed by atoms with van der Waals surface area (Å²) in [5.41, 5.74) is 4.34. The van der Waals surface area contributed by atoms with Gasteiger partial charge in [0.25, 0.3) is 0 Å². The van der Waals surface area contributed by atoms with Gasteiger partial charge in [-0.05, 0) is 68.2 Å². The smallest absolute Gasteiger partial charge is 0.0348 e. The molecule has 0 spiro atoms. The Morgan fingerprint density at radius 1 is 1.14 bits per heavy atom. The summed E-state index contributed by atoms with van der Waals surface area (Å²) in [6.07, 6.45) is 8.23. The molecule has 1 fully saturated rings. The number of hydrogen-bond acceptors (Lipinski definition) is 1. The first kappa shape index (κ1) is 16.5. The van der Waals surface area contributed by atoms with Gasteiger partial charge in [0.05, 0.1) is 0 Å². The summed E-state index contributed by atoms with van der Waals surface area (Å²) in [6, 6.07) is 7.62. The highest BCUT2D eigenvalue weighted by Crippen LogP contribution is 2.38. The second-order valence-corrected chi connectivity index (χ2v) is 6.98. The average Bonchev–Trinajstić information content (AvgIpc) is 2.51. The van der Waals surface area contributed by atoms with Crippen LogP contribution in [0.15, 0.2) is 18.2 Å². The van der Waals surface area contributed by atoms with Gasteiger partial charge in [-0.15, -0.1) is 0 Å². The summed E-state index contributed by atoms with van der Waals surface area (Å²) in [6.45, 7) is 10.2. The molecule has 1 heteroatoms. The maximum atomic E-state index is 3.85. The van der Waals surface area contributed by atoms with E-state index >= 15 is 0 Å². The summed E-state index contributed by atoms with van der Waals surface area (Å²) in [5.74, 6) is 1.76. The van der Waals surface area contributed by atoms with E-state index in [0.29, 0.717) is 6.04 Å². The number of aryl methyl sites for hydroxylation is 2. The van der Waals surface area contributed by atoms with Gasteiger partial charge in [0.2, 0.25) is 0 Å². The first-order chi connectivity index (χ1) is 10.2. The summed E-state index contributed by atoms with van der Waals surface area (Å²) in [7, 11) is 0. The quantitative estimate of drug-likeness (QED) is 0.722. The van der Waals surface area contributed by atoms with Crippen molar-refractivity contribution < 1.29 is 0 Å². The summed E-state index contributed by atoms with van der Waals surface area (Å²) in [5, 5.41) is 3.85. The number of nitrogens with one attached hydrogen (secondary N) is 1. The third-order valence-corrected chi connectivity index (χ3v) is 5.38. The van der Waals surface area contributed by atoms with Crippen molar-refractivity contribution in [1.82, 2.24) is 5.32 Å². The zero-order valence-corrected chi connectivity index (χ0v) is 14.4. The van der Waals surface area contributed by atoms with Crippen molar-refractivity contribution in [2.75, 3.05) is 6.54 Å². The highest BCUT2D eigenvalue weighted by molar-refractivity contribution is 5.32. The van der Waals surface area contributed by atoms with Crippen LogP contribution in [0.1, 0.15) is 75.1 Å². The molecule has 2 rings (SSSR count). The van der Waals surface area contributed by atoms with Gasteiger partial charge in [0, 0.05) is 6.04 Å². The Balaban J connectivity index is 2.18. The van der Waals surface area contributed by atoms with E-state index in [4.69, 9.17) is 0 Å². The third kappa shape index (κ3) is 4.32. The molecule has 0 radical (unpaired) electrons. The Bertz CT molecular complexity index is 437. The van der Waals surface area contributed by atoms with Crippen molar-refractivity contribution in [2.45, 2.75) is 72.3 Å². The topological polar surface area (TPSA) is 12.0 Å². The third-order valence-electron chi connectivity index (χ3n) is 5.38. The second-order valence-electron chi connectivity index (χ2n) is 6.98.